The van der Waals surface area contributed by atoms with Crippen molar-refractivity contribution in [3.05, 3.63) is 24.3 Å². The minimum absolute atomic E-state index is 0.145. The number of rotatable bonds is 4. The number of benzene rings is 1. The fraction of sp³-hybridized carbons (Fsp3) is 0.556. The van der Waals surface area contributed by atoms with Gasteiger partial charge >= 0.3 is 5.97 Å². The number of amides is 1. The van der Waals surface area contributed by atoms with E-state index in [0.717, 1.165) is 25.7 Å². The Labute approximate surface area is 135 Å². The molecule has 0 heterocycles. The highest BCUT2D eigenvalue weighted by Gasteiger charge is 2.71. The summed E-state index contributed by atoms with van der Waals surface area (Å²) in [6.07, 6.45) is 4.12. The molecule has 122 valence electrons. The first kappa shape index (κ1) is 14.5. The van der Waals surface area contributed by atoms with Gasteiger partial charge in [-0.1, -0.05) is 12.1 Å². The summed E-state index contributed by atoms with van der Waals surface area (Å²) < 4.78 is 5.27. The van der Waals surface area contributed by atoms with Crippen molar-refractivity contribution >= 4 is 17.6 Å². The van der Waals surface area contributed by atoms with E-state index >= 15 is 0 Å². The van der Waals surface area contributed by atoms with E-state index in [0.29, 0.717) is 11.4 Å². The van der Waals surface area contributed by atoms with Crippen LogP contribution in [0.4, 0.5) is 5.69 Å². The van der Waals surface area contributed by atoms with E-state index in [9.17, 15) is 14.7 Å². The minimum atomic E-state index is -0.816. The Morgan fingerprint density at radius 1 is 1.17 bits per heavy atom. The maximum atomic E-state index is 12.9. The third-order valence-corrected chi connectivity index (χ3v) is 6.30. The Bertz CT molecular complexity index is 667. The van der Waals surface area contributed by atoms with Crippen molar-refractivity contribution in [3.63, 3.8) is 0 Å². The lowest BCUT2D eigenvalue weighted by atomic mass is 9.78. The highest BCUT2D eigenvalue weighted by atomic mass is 16.5. The first-order valence-electron chi connectivity index (χ1n) is 8.25. The van der Waals surface area contributed by atoms with Gasteiger partial charge < -0.3 is 15.2 Å². The summed E-state index contributed by atoms with van der Waals surface area (Å²) in [4.78, 5) is 24.7. The van der Waals surface area contributed by atoms with Crippen molar-refractivity contribution in [2.45, 2.75) is 25.7 Å². The Hall–Kier alpha value is -2.04. The molecule has 3 saturated carbocycles. The first-order valence-corrected chi connectivity index (χ1v) is 8.25. The van der Waals surface area contributed by atoms with Crippen LogP contribution in [0.15, 0.2) is 24.3 Å². The van der Waals surface area contributed by atoms with Crippen LogP contribution in [0.5, 0.6) is 5.75 Å². The van der Waals surface area contributed by atoms with Crippen LogP contribution in [0.1, 0.15) is 25.7 Å². The molecule has 1 aromatic carbocycles. The number of carbonyl (C=O) groups is 2. The summed E-state index contributed by atoms with van der Waals surface area (Å²) in [7, 11) is 1.56. The van der Waals surface area contributed by atoms with Crippen LogP contribution in [-0.4, -0.2) is 24.1 Å². The maximum Gasteiger partial charge on any atom is 0.307 e. The zero-order valence-electron chi connectivity index (χ0n) is 13.1. The van der Waals surface area contributed by atoms with Crippen molar-refractivity contribution in [1.29, 1.82) is 0 Å². The Kier molecular flexibility index (Phi) is 3.15. The van der Waals surface area contributed by atoms with E-state index in [4.69, 9.17) is 4.74 Å². The molecule has 1 aromatic rings. The molecule has 2 bridgehead atoms. The predicted octanol–water partition coefficient (Wildman–Crippen LogP) is 2.77. The van der Waals surface area contributed by atoms with Crippen LogP contribution in [-0.2, 0) is 9.59 Å². The summed E-state index contributed by atoms with van der Waals surface area (Å²) in [6, 6.07) is 7.24. The number of carboxylic acids is 1. The van der Waals surface area contributed by atoms with Gasteiger partial charge in [0.25, 0.3) is 0 Å². The van der Waals surface area contributed by atoms with E-state index in [1.807, 2.05) is 12.1 Å². The number of anilines is 1. The molecule has 0 aromatic heterocycles. The average Bonchev–Trinajstić information content (AvgIpc) is 3.21. The predicted molar refractivity (Wildman–Crippen MR) is 84.1 cm³/mol. The van der Waals surface area contributed by atoms with Crippen molar-refractivity contribution in [3.8, 4) is 5.75 Å². The van der Waals surface area contributed by atoms with Gasteiger partial charge in [-0.15, -0.1) is 0 Å². The summed E-state index contributed by atoms with van der Waals surface area (Å²) in [5.41, 5.74) is 0.753. The van der Waals surface area contributed by atoms with E-state index in [-0.39, 0.29) is 23.2 Å². The van der Waals surface area contributed by atoms with Crippen molar-refractivity contribution in [2.75, 3.05) is 12.4 Å². The summed E-state index contributed by atoms with van der Waals surface area (Å²) in [5.74, 6) is -0.938. The van der Waals surface area contributed by atoms with Crippen LogP contribution in [0.2, 0.25) is 0 Å². The first-order chi connectivity index (χ1) is 11.1. The molecule has 3 fully saturated rings. The Morgan fingerprint density at radius 2 is 1.83 bits per heavy atom. The van der Waals surface area contributed by atoms with E-state index in [1.54, 1.807) is 19.2 Å². The van der Waals surface area contributed by atoms with Gasteiger partial charge in [0.05, 0.1) is 24.6 Å². The van der Waals surface area contributed by atoms with Crippen LogP contribution in [0.25, 0.3) is 0 Å². The summed E-state index contributed by atoms with van der Waals surface area (Å²) in [6.45, 7) is 0. The van der Waals surface area contributed by atoms with Gasteiger partial charge in [0.2, 0.25) is 5.91 Å². The molecule has 4 unspecified atom stereocenters. The van der Waals surface area contributed by atoms with Gasteiger partial charge in [-0.05, 0) is 55.1 Å². The Morgan fingerprint density at radius 3 is 2.43 bits per heavy atom. The zero-order valence-corrected chi connectivity index (χ0v) is 13.1. The number of ether oxygens (including phenoxy) is 1. The van der Waals surface area contributed by atoms with Crippen molar-refractivity contribution < 1.29 is 19.4 Å². The van der Waals surface area contributed by atoms with Crippen molar-refractivity contribution in [1.82, 2.24) is 0 Å². The van der Waals surface area contributed by atoms with Gasteiger partial charge in [0.1, 0.15) is 5.75 Å². The second-order valence-corrected chi connectivity index (χ2v) is 7.10. The molecular formula is C18H21NO4. The molecule has 23 heavy (non-hydrogen) atoms. The van der Waals surface area contributed by atoms with E-state index < -0.39 is 17.8 Å². The second-order valence-electron chi connectivity index (χ2n) is 7.10. The van der Waals surface area contributed by atoms with Gasteiger partial charge in [-0.3, -0.25) is 9.59 Å². The molecule has 4 rings (SSSR count). The monoisotopic (exact) mass is 315 g/mol. The third-order valence-electron chi connectivity index (χ3n) is 6.30. The molecule has 5 nitrogen and oxygen atoms in total. The number of hydrogen-bond acceptors (Lipinski definition) is 3. The van der Waals surface area contributed by atoms with Gasteiger partial charge in [-0.25, -0.2) is 0 Å². The molecule has 0 saturated heterocycles. The number of aliphatic carboxylic acids is 1. The van der Waals surface area contributed by atoms with Gasteiger partial charge in [0, 0.05) is 0 Å². The number of methoxy groups -OCH3 is 1. The number of carboxylic acid groups (broad SMARTS) is 1. The fourth-order valence-electron chi connectivity index (χ4n) is 5.31. The van der Waals surface area contributed by atoms with Gasteiger partial charge in [0.15, 0.2) is 0 Å². The molecule has 3 aliphatic rings. The second kappa shape index (κ2) is 4.98. The molecule has 2 N–H and O–H groups in total. The number of hydrogen-bond donors (Lipinski definition) is 2. The SMILES string of the molecule is COc1ccccc1NC(=O)C1C(C(=O)O)C2CCC1C21CC1. The minimum Gasteiger partial charge on any atom is -0.495 e. The standard InChI is InChI=1S/C18H21NO4/c1-23-13-5-3-2-4-12(13)19-16(20)14-10-6-7-11(15(14)17(21)22)18(10)8-9-18/h2-5,10-11,14-15H,6-9H2,1H3,(H,19,20)(H,21,22). The fourth-order valence-corrected chi connectivity index (χ4v) is 5.31. The normalized spacial score (nSPS) is 32.7. The number of nitrogens with one attached hydrogen (secondary N) is 1. The lowest BCUT2D eigenvalue weighted by Crippen LogP contribution is -2.37. The highest BCUT2D eigenvalue weighted by molar-refractivity contribution is 5.97. The lowest BCUT2D eigenvalue weighted by molar-refractivity contribution is -0.148. The smallest absolute Gasteiger partial charge is 0.307 e. The number of carbonyl (C=O) groups excluding carboxylic acids is 1. The zero-order chi connectivity index (χ0) is 16.2. The summed E-state index contributed by atoms with van der Waals surface area (Å²) in [5, 5.41) is 12.6. The lowest BCUT2D eigenvalue weighted by Gasteiger charge is -2.27. The molecule has 0 aliphatic heterocycles. The summed E-state index contributed by atoms with van der Waals surface area (Å²) >= 11 is 0. The molecule has 5 heteroatoms. The maximum absolute atomic E-state index is 12.9. The number of para-hydroxylation sites is 2. The van der Waals surface area contributed by atoms with E-state index in [1.165, 1.54) is 0 Å². The topological polar surface area (TPSA) is 75.6 Å². The van der Waals surface area contributed by atoms with Crippen LogP contribution >= 0.6 is 0 Å². The van der Waals surface area contributed by atoms with E-state index in [2.05, 4.69) is 5.32 Å². The molecule has 3 aliphatic carbocycles. The molecule has 0 radical (unpaired) electrons. The third kappa shape index (κ3) is 1.98. The average molecular weight is 315 g/mol. The van der Waals surface area contributed by atoms with Crippen LogP contribution in [0.3, 0.4) is 0 Å². The van der Waals surface area contributed by atoms with Gasteiger partial charge in [-0.2, -0.15) is 0 Å². The molecule has 1 spiro atoms. The van der Waals surface area contributed by atoms with Crippen molar-refractivity contribution in [2.24, 2.45) is 29.1 Å². The molecule has 4 atom stereocenters. The Balaban J connectivity index is 1.61. The quantitative estimate of drug-likeness (QED) is 0.896. The highest BCUT2D eigenvalue weighted by Crippen LogP contribution is 2.74. The van der Waals surface area contributed by atoms with Crippen LogP contribution in [0, 0.1) is 29.1 Å². The largest absolute Gasteiger partial charge is 0.495 e. The molecular weight excluding hydrogens is 294 g/mol. The van der Waals surface area contributed by atoms with Crippen LogP contribution < -0.4 is 10.1 Å². The molecule has 1 amide bonds.